The molecule has 1 fully saturated rings. The molecule has 1 unspecified atom stereocenters. The molecule has 2 N–H and O–H groups in total. The second-order valence-electron chi connectivity index (χ2n) is 4.78. The highest BCUT2D eigenvalue weighted by molar-refractivity contribution is 5.91. The average molecular weight is 285 g/mol. The summed E-state index contributed by atoms with van der Waals surface area (Å²) in [6.07, 6.45) is 0.451. The Labute approximate surface area is 120 Å². The standard InChI is InChI=1S/C14H20N2O2.ClH/c1-10-3-4-12(7-11(10)2)16-14(17)8-13-9-18-6-5-15-13;/h3-4,7,13,15H,5-6,8-9H2,1-2H3,(H,16,17);1H. The van der Waals surface area contributed by atoms with Gasteiger partial charge in [0.05, 0.1) is 13.2 Å². The van der Waals surface area contributed by atoms with E-state index in [2.05, 4.69) is 17.6 Å². The largest absolute Gasteiger partial charge is 0.378 e. The van der Waals surface area contributed by atoms with Crippen LogP contribution in [0.15, 0.2) is 18.2 Å². The summed E-state index contributed by atoms with van der Waals surface area (Å²) in [6.45, 7) is 6.27. The van der Waals surface area contributed by atoms with E-state index in [1.54, 1.807) is 0 Å². The van der Waals surface area contributed by atoms with Gasteiger partial charge < -0.3 is 15.4 Å². The lowest BCUT2D eigenvalue weighted by Crippen LogP contribution is -2.43. The molecular weight excluding hydrogens is 264 g/mol. The van der Waals surface area contributed by atoms with Gasteiger partial charge >= 0.3 is 0 Å². The molecule has 4 nitrogen and oxygen atoms in total. The van der Waals surface area contributed by atoms with Crippen molar-refractivity contribution in [2.45, 2.75) is 26.3 Å². The molecule has 0 aliphatic carbocycles. The zero-order valence-electron chi connectivity index (χ0n) is 11.4. The van der Waals surface area contributed by atoms with Gasteiger partial charge in [-0.25, -0.2) is 0 Å². The number of hydrogen-bond acceptors (Lipinski definition) is 3. The Morgan fingerprint density at radius 2 is 2.21 bits per heavy atom. The Morgan fingerprint density at radius 3 is 2.84 bits per heavy atom. The predicted molar refractivity (Wildman–Crippen MR) is 79.0 cm³/mol. The number of benzene rings is 1. The van der Waals surface area contributed by atoms with E-state index in [4.69, 9.17) is 4.74 Å². The van der Waals surface area contributed by atoms with Crippen molar-refractivity contribution >= 4 is 24.0 Å². The van der Waals surface area contributed by atoms with E-state index in [1.807, 2.05) is 25.1 Å². The van der Waals surface area contributed by atoms with Crippen molar-refractivity contribution in [1.82, 2.24) is 5.32 Å². The highest BCUT2D eigenvalue weighted by Gasteiger charge is 2.16. The molecule has 1 amide bonds. The average Bonchev–Trinajstić information content (AvgIpc) is 2.35. The second kappa shape index (κ2) is 7.48. The number of carbonyl (C=O) groups is 1. The van der Waals surface area contributed by atoms with Crippen LogP contribution in [0, 0.1) is 13.8 Å². The molecule has 1 aliphatic heterocycles. The van der Waals surface area contributed by atoms with E-state index in [0.717, 1.165) is 18.8 Å². The van der Waals surface area contributed by atoms with Crippen molar-refractivity contribution in [1.29, 1.82) is 0 Å². The van der Waals surface area contributed by atoms with Crippen molar-refractivity contribution in [2.75, 3.05) is 25.1 Å². The normalized spacial score (nSPS) is 18.5. The summed E-state index contributed by atoms with van der Waals surface area (Å²) in [7, 11) is 0. The van der Waals surface area contributed by atoms with Crippen LogP contribution in [-0.2, 0) is 9.53 Å². The minimum absolute atomic E-state index is 0. The summed E-state index contributed by atoms with van der Waals surface area (Å²) in [4.78, 5) is 11.9. The maximum atomic E-state index is 11.9. The molecular formula is C14H21ClN2O2. The van der Waals surface area contributed by atoms with Gasteiger partial charge in [-0.15, -0.1) is 12.4 Å². The van der Waals surface area contributed by atoms with Crippen molar-refractivity contribution in [3.05, 3.63) is 29.3 Å². The topological polar surface area (TPSA) is 50.4 Å². The highest BCUT2D eigenvalue weighted by Crippen LogP contribution is 2.14. The maximum absolute atomic E-state index is 11.9. The molecule has 5 heteroatoms. The monoisotopic (exact) mass is 284 g/mol. The summed E-state index contributed by atoms with van der Waals surface area (Å²) >= 11 is 0. The predicted octanol–water partition coefficient (Wildman–Crippen LogP) is 2.04. The molecule has 0 bridgehead atoms. The van der Waals surface area contributed by atoms with Gasteiger partial charge in [-0.1, -0.05) is 6.07 Å². The number of anilines is 1. The number of ether oxygens (including phenoxy) is 1. The van der Waals surface area contributed by atoms with Gasteiger partial charge in [0, 0.05) is 24.7 Å². The third-order valence-electron chi connectivity index (χ3n) is 3.22. The van der Waals surface area contributed by atoms with E-state index >= 15 is 0 Å². The third kappa shape index (κ3) is 4.82. The summed E-state index contributed by atoms with van der Waals surface area (Å²) in [5.74, 6) is 0.0289. The molecule has 106 valence electrons. The Kier molecular flexibility index (Phi) is 6.28. The lowest BCUT2D eigenvalue weighted by Gasteiger charge is -2.23. The molecule has 0 radical (unpaired) electrons. The summed E-state index contributed by atoms with van der Waals surface area (Å²) in [5, 5.41) is 6.19. The zero-order valence-corrected chi connectivity index (χ0v) is 12.2. The van der Waals surface area contributed by atoms with Crippen LogP contribution < -0.4 is 10.6 Å². The fourth-order valence-corrected chi connectivity index (χ4v) is 2.01. The van der Waals surface area contributed by atoms with Gasteiger partial charge in [-0.3, -0.25) is 4.79 Å². The maximum Gasteiger partial charge on any atom is 0.226 e. The molecule has 19 heavy (non-hydrogen) atoms. The summed E-state index contributed by atoms with van der Waals surface area (Å²) < 4.78 is 5.33. The number of rotatable bonds is 3. The first-order valence-corrected chi connectivity index (χ1v) is 6.33. The molecule has 1 aliphatic rings. The molecule has 2 rings (SSSR count). The molecule has 1 aromatic rings. The molecule has 0 aromatic heterocycles. The van der Waals surface area contributed by atoms with Gasteiger partial charge in [0.15, 0.2) is 0 Å². The lowest BCUT2D eigenvalue weighted by atomic mass is 10.1. The van der Waals surface area contributed by atoms with Crippen LogP contribution in [0.2, 0.25) is 0 Å². The van der Waals surface area contributed by atoms with Crippen LogP contribution in [-0.4, -0.2) is 31.7 Å². The van der Waals surface area contributed by atoms with Crippen LogP contribution in [0.3, 0.4) is 0 Å². The SMILES string of the molecule is Cc1ccc(NC(=O)CC2COCCN2)cc1C.Cl. The van der Waals surface area contributed by atoms with Crippen molar-refractivity contribution in [3.63, 3.8) is 0 Å². The minimum atomic E-state index is 0. The van der Waals surface area contributed by atoms with Crippen LogP contribution in [0.4, 0.5) is 5.69 Å². The van der Waals surface area contributed by atoms with Crippen LogP contribution in [0.25, 0.3) is 0 Å². The van der Waals surface area contributed by atoms with Crippen molar-refractivity contribution in [2.24, 2.45) is 0 Å². The van der Waals surface area contributed by atoms with Crippen LogP contribution in [0.5, 0.6) is 0 Å². The number of amides is 1. The fourth-order valence-electron chi connectivity index (χ4n) is 2.01. The smallest absolute Gasteiger partial charge is 0.226 e. The quantitative estimate of drug-likeness (QED) is 0.893. The van der Waals surface area contributed by atoms with E-state index in [1.165, 1.54) is 11.1 Å². The number of carbonyl (C=O) groups excluding carboxylic acids is 1. The number of halogens is 1. The molecule has 0 saturated carbocycles. The first-order chi connectivity index (χ1) is 8.65. The number of hydrogen-bond donors (Lipinski definition) is 2. The van der Waals surface area contributed by atoms with E-state index in [-0.39, 0.29) is 24.4 Å². The van der Waals surface area contributed by atoms with Crippen molar-refractivity contribution in [3.8, 4) is 0 Å². The molecule has 1 saturated heterocycles. The summed E-state index contributed by atoms with van der Waals surface area (Å²) in [5.41, 5.74) is 3.28. The Morgan fingerprint density at radius 1 is 1.42 bits per heavy atom. The Hall–Kier alpha value is -1.10. The number of aryl methyl sites for hydroxylation is 2. The first kappa shape index (κ1) is 16.0. The number of morpholine rings is 1. The molecule has 1 atom stereocenters. The van der Waals surface area contributed by atoms with Crippen LogP contribution >= 0.6 is 12.4 Å². The highest BCUT2D eigenvalue weighted by atomic mass is 35.5. The van der Waals surface area contributed by atoms with E-state index < -0.39 is 0 Å². The molecule has 1 heterocycles. The van der Waals surface area contributed by atoms with Gasteiger partial charge in [0.2, 0.25) is 5.91 Å². The Balaban J connectivity index is 0.00000180. The van der Waals surface area contributed by atoms with E-state index in [9.17, 15) is 4.79 Å². The van der Waals surface area contributed by atoms with Gasteiger partial charge in [0.1, 0.15) is 0 Å². The minimum Gasteiger partial charge on any atom is -0.378 e. The summed E-state index contributed by atoms with van der Waals surface area (Å²) in [6, 6.07) is 6.08. The third-order valence-corrected chi connectivity index (χ3v) is 3.22. The zero-order chi connectivity index (χ0) is 13.0. The van der Waals surface area contributed by atoms with E-state index in [0.29, 0.717) is 13.0 Å². The van der Waals surface area contributed by atoms with Gasteiger partial charge in [-0.05, 0) is 37.1 Å². The van der Waals surface area contributed by atoms with Crippen molar-refractivity contribution < 1.29 is 9.53 Å². The second-order valence-corrected chi connectivity index (χ2v) is 4.78. The number of nitrogens with one attached hydrogen (secondary N) is 2. The lowest BCUT2D eigenvalue weighted by molar-refractivity contribution is -0.117. The first-order valence-electron chi connectivity index (χ1n) is 6.33. The fraction of sp³-hybridized carbons (Fsp3) is 0.500. The van der Waals surface area contributed by atoms with Crippen LogP contribution in [0.1, 0.15) is 17.5 Å². The van der Waals surface area contributed by atoms with Gasteiger partial charge in [0.25, 0.3) is 0 Å². The molecule has 1 aromatic carbocycles. The Bertz CT molecular complexity index is 431. The van der Waals surface area contributed by atoms with Gasteiger partial charge in [-0.2, -0.15) is 0 Å². The molecule has 0 spiro atoms.